The average molecular weight is 412 g/mol. The van der Waals surface area contributed by atoms with Crippen LogP contribution in [0.25, 0.3) is 0 Å². The third-order valence-corrected chi connectivity index (χ3v) is 4.56. The van der Waals surface area contributed by atoms with Crippen LogP contribution in [-0.2, 0) is 16.1 Å². The molecule has 2 aromatic rings. The molecule has 0 atom stereocenters. The second-order valence-electron chi connectivity index (χ2n) is 5.24. The minimum Gasteiger partial charge on any atom is -0.360 e. The zero-order chi connectivity index (χ0) is 17.5. The lowest BCUT2D eigenvalue weighted by Crippen LogP contribution is -2.28. The minimum atomic E-state index is -0.211. The van der Waals surface area contributed by atoms with Crippen molar-refractivity contribution in [1.82, 2.24) is 10.1 Å². The van der Waals surface area contributed by atoms with Gasteiger partial charge in [0.25, 0.3) is 0 Å². The molecule has 1 N–H and O–H groups in total. The molecule has 6 nitrogen and oxygen atoms in total. The molecule has 0 aliphatic heterocycles. The molecule has 0 spiro atoms. The number of halogens is 1. The Balaban J connectivity index is 1.70. The molecule has 0 aliphatic carbocycles. The number of hydrogen-bond acceptors (Lipinski definition) is 5. The van der Waals surface area contributed by atoms with E-state index in [9.17, 15) is 9.59 Å². The Morgan fingerprint density at radius 3 is 2.62 bits per heavy atom. The van der Waals surface area contributed by atoms with Gasteiger partial charge in [-0.2, -0.15) is 0 Å². The largest absolute Gasteiger partial charge is 0.360 e. The number of nitrogens with zero attached hydrogens (tertiary/aromatic N) is 2. The van der Waals surface area contributed by atoms with Crippen molar-refractivity contribution in [2.75, 3.05) is 23.9 Å². The number of amides is 2. The molecule has 1 heterocycles. The molecule has 0 bridgehead atoms. The SMILES string of the molecule is Cc1cc(NC(=O)CSCC(=O)N(C)Cc2ccc(Br)cc2)no1. The molecule has 0 aliphatic rings. The van der Waals surface area contributed by atoms with E-state index < -0.39 is 0 Å². The second kappa shape index (κ2) is 8.89. The van der Waals surface area contributed by atoms with Crippen LogP contribution in [0.3, 0.4) is 0 Å². The molecular formula is C16H18BrN3O3S. The van der Waals surface area contributed by atoms with Crippen molar-refractivity contribution >= 4 is 45.3 Å². The molecule has 0 radical (unpaired) electrons. The Labute approximate surface area is 153 Å². The van der Waals surface area contributed by atoms with Crippen molar-refractivity contribution in [2.45, 2.75) is 13.5 Å². The molecule has 8 heteroatoms. The zero-order valence-corrected chi connectivity index (χ0v) is 15.8. The van der Waals surface area contributed by atoms with E-state index in [1.165, 1.54) is 11.8 Å². The number of anilines is 1. The van der Waals surface area contributed by atoms with Gasteiger partial charge in [0.1, 0.15) is 5.76 Å². The highest BCUT2D eigenvalue weighted by atomic mass is 79.9. The summed E-state index contributed by atoms with van der Waals surface area (Å²) in [6, 6.07) is 9.46. The molecule has 0 fully saturated rings. The van der Waals surface area contributed by atoms with Gasteiger partial charge in [-0.1, -0.05) is 33.2 Å². The van der Waals surface area contributed by atoms with Crippen molar-refractivity contribution in [3.8, 4) is 0 Å². The monoisotopic (exact) mass is 411 g/mol. The highest BCUT2D eigenvalue weighted by Crippen LogP contribution is 2.13. The summed E-state index contributed by atoms with van der Waals surface area (Å²) in [5.41, 5.74) is 1.05. The average Bonchev–Trinajstić information content (AvgIpc) is 2.94. The van der Waals surface area contributed by atoms with Crippen molar-refractivity contribution in [1.29, 1.82) is 0 Å². The maximum Gasteiger partial charge on any atom is 0.235 e. The summed E-state index contributed by atoms with van der Waals surface area (Å²) in [4.78, 5) is 25.5. The Hall–Kier alpha value is -1.80. The Morgan fingerprint density at radius 1 is 1.29 bits per heavy atom. The summed E-state index contributed by atoms with van der Waals surface area (Å²) in [5, 5.41) is 6.30. The lowest BCUT2D eigenvalue weighted by molar-refractivity contribution is -0.127. The first-order valence-electron chi connectivity index (χ1n) is 7.23. The third-order valence-electron chi connectivity index (χ3n) is 3.11. The first-order valence-corrected chi connectivity index (χ1v) is 9.18. The van der Waals surface area contributed by atoms with Crippen LogP contribution in [0.5, 0.6) is 0 Å². The van der Waals surface area contributed by atoms with Gasteiger partial charge in [-0.05, 0) is 24.6 Å². The molecule has 24 heavy (non-hydrogen) atoms. The van der Waals surface area contributed by atoms with E-state index in [2.05, 4.69) is 26.4 Å². The van der Waals surface area contributed by atoms with Gasteiger partial charge in [-0.3, -0.25) is 9.59 Å². The molecule has 1 aromatic carbocycles. The van der Waals surface area contributed by atoms with Crippen molar-refractivity contribution in [2.24, 2.45) is 0 Å². The highest BCUT2D eigenvalue weighted by molar-refractivity contribution is 9.10. The normalized spacial score (nSPS) is 10.5. The molecule has 0 unspecified atom stereocenters. The number of aromatic nitrogens is 1. The smallest absolute Gasteiger partial charge is 0.235 e. The van der Waals surface area contributed by atoms with Gasteiger partial charge in [-0.15, -0.1) is 11.8 Å². The summed E-state index contributed by atoms with van der Waals surface area (Å²) >= 11 is 4.65. The second-order valence-corrected chi connectivity index (χ2v) is 7.14. The molecule has 1 aromatic heterocycles. The fraction of sp³-hybridized carbons (Fsp3) is 0.312. The van der Waals surface area contributed by atoms with Crippen molar-refractivity contribution in [3.63, 3.8) is 0 Å². The standard InChI is InChI=1S/C16H18BrN3O3S/c1-11-7-14(19-23-11)18-15(21)9-24-10-16(22)20(2)8-12-3-5-13(17)6-4-12/h3-7H,8-10H2,1-2H3,(H,18,19,21). The number of hydrogen-bond donors (Lipinski definition) is 1. The van der Waals surface area contributed by atoms with Gasteiger partial charge < -0.3 is 14.7 Å². The summed E-state index contributed by atoms with van der Waals surface area (Å²) in [7, 11) is 1.75. The molecule has 2 amide bonds. The molecule has 128 valence electrons. The van der Waals surface area contributed by atoms with Gasteiger partial charge in [0.2, 0.25) is 11.8 Å². The first-order chi connectivity index (χ1) is 11.4. The van der Waals surface area contributed by atoms with E-state index in [1.54, 1.807) is 24.9 Å². The molecule has 0 saturated heterocycles. The van der Waals surface area contributed by atoms with Gasteiger partial charge in [0.05, 0.1) is 11.5 Å². The summed E-state index contributed by atoms with van der Waals surface area (Å²) < 4.78 is 5.87. The predicted octanol–water partition coefficient (Wildman–Crippen LogP) is 3.08. The van der Waals surface area contributed by atoms with E-state index >= 15 is 0 Å². The van der Waals surface area contributed by atoms with Crippen LogP contribution < -0.4 is 5.32 Å². The molecular weight excluding hydrogens is 394 g/mol. The van der Waals surface area contributed by atoms with E-state index in [1.807, 2.05) is 24.3 Å². The quantitative estimate of drug-likeness (QED) is 0.757. The molecule has 0 saturated carbocycles. The Kier molecular flexibility index (Phi) is 6.86. The predicted molar refractivity (Wildman–Crippen MR) is 97.8 cm³/mol. The maximum atomic E-state index is 12.1. The topological polar surface area (TPSA) is 75.4 Å². The van der Waals surface area contributed by atoms with E-state index in [-0.39, 0.29) is 23.3 Å². The fourth-order valence-electron chi connectivity index (χ4n) is 1.90. The maximum absolute atomic E-state index is 12.1. The first kappa shape index (κ1) is 18.5. The van der Waals surface area contributed by atoms with Gasteiger partial charge in [0.15, 0.2) is 5.82 Å². The highest BCUT2D eigenvalue weighted by Gasteiger charge is 2.12. The molecule has 2 rings (SSSR count). The van der Waals surface area contributed by atoms with Gasteiger partial charge in [-0.25, -0.2) is 0 Å². The van der Waals surface area contributed by atoms with Crippen LogP contribution >= 0.6 is 27.7 Å². The number of aryl methyl sites for hydroxylation is 1. The van der Waals surface area contributed by atoms with Gasteiger partial charge >= 0.3 is 0 Å². The number of carbonyl (C=O) groups is 2. The summed E-state index contributed by atoms with van der Waals surface area (Å²) in [6.45, 7) is 2.29. The lowest BCUT2D eigenvalue weighted by Gasteiger charge is -2.17. The van der Waals surface area contributed by atoms with Gasteiger partial charge in [0, 0.05) is 24.1 Å². The van der Waals surface area contributed by atoms with Crippen LogP contribution in [-0.4, -0.2) is 40.4 Å². The van der Waals surface area contributed by atoms with Crippen LogP contribution in [0.1, 0.15) is 11.3 Å². The Bertz CT molecular complexity index is 703. The van der Waals surface area contributed by atoms with E-state index in [4.69, 9.17) is 4.52 Å². The van der Waals surface area contributed by atoms with Crippen LogP contribution in [0.4, 0.5) is 5.82 Å². The number of nitrogens with one attached hydrogen (secondary N) is 1. The lowest BCUT2D eigenvalue weighted by atomic mass is 10.2. The number of carbonyl (C=O) groups excluding carboxylic acids is 2. The van der Waals surface area contributed by atoms with Crippen molar-refractivity contribution < 1.29 is 14.1 Å². The Morgan fingerprint density at radius 2 is 2.00 bits per heavy atom. The van der Waals surface area contributed by atoms with Crippen molar-refractivity contribution in [3.05, 3.63) is 46.1 Å². The van der Waals surface area contributed by atoms with Crippen LogP contribution in [0.15, 0.2) is 39.3 Å². The summed E-state index contributed by atoms with van der Waals surface area (Å²) in [6.07, 6.45) is 0. The number of benzene rings is 1. The van der Waals surface area contributed by atoms with E-state index in [0.29, 0.717) is 18.1 Å². The zero-order valence-electron chi connectivity index (χ0n) is 13.4. The summed E-state index contributed by atoms with van der Waals surface area (Å²) in [5.74, 6) is 1.21. The van der Waals surface area contributed by atoms with Crippen LogP contribution in [0, 0.1) is 6.92 Å². The van der Waals surface area contributed by atoms with E-state index in [0.717, 1.165) is 10.0 Å². The number of thioether (sulfide) groups is 1. The third kappa shape index (κ3) is 6.01. The minimum absolute atomic E-state index is 0.0204. The fourth-order valence-corrected chi connectivity index (χ4v) is 2.92. The van der Waals surface area contributed by atoms with Crippen LogP contribution in [0.2, 0.25) is 0 Å². The number of rotatable bonds is 7.